The first-order valence-electron chi connectivity index (χ1n) is 10.7. The fourth-order valence-corrected chi connectivity index (χ4v) is 4.10. The number of anilines is 2. The average molecular weight is 419 g/mol. The lowest BCUT2D eigenvalue weighted by atomic mass is 10.1. The Hall–Kier alpha value is -3.39. The van der Waals surface area contributed by atoms with E-state index in [0.717, 1.165) is 62.1 Å². The SMILES string of the molecule is O=C(c1ccc(-n2cccc2)cc1)N1CCN(c2cnnc(N3CCOCC3)c2)CC1. The van der Waals surface area contributed by atoms with Crippen molar-refractivity contribution < 1.29 is 9.53 Å². The van der Waals surface area contributed by atoms with Gasteiger partial charge in [-0.25, -0.2) is 0 Å². The number of morpholine rings is 1. The highest BCUT2D eigenvalue weighted by atomic mass is 16.5. The number of benzene rings is 1. The highest BCUT2D eigenvalue weighted by Crippen LogP contribution is 2.22. The van der Waals surface area contributed by atoms with Crippen molar-refractivity contribution in [2.75, 3.05) is 62.3 Å². The Kier molecular flexibility index (Phi) is 5.54. The predicted octanol–water partition coefficient (Wildman–Crippen LogP) is 2.07. The van der Waals surface area contributed by atoms with Gasteiger partial charge in [-0.15, -0.1) is 5.10 Å². The van der Waals surface area contributed by atoms with Crippen LogP contribution >= 0.6 is 0 Å². The van der Waals surface area contributed by atoms with E-state index in [1.807, 2.05) is 58.3 Å². The van der Waals surface area contributed by atoms with Crippen molar-refractivity contribution in [2.45, 2.75) is 0 Å². The first-order valence-corrected chi connectivity index (χ1v) is 10.7. The van der Waals surface area contributed by atoms with Crippen LogP contribution in [0.15, 0.2) is 61.1 Å². The second-order valence-electron chi connectivity index (χ2n) is 7.79. The van der Waals surface area contributed by atoms with E-state index in [-0.39, 0.29) is 5.91 Å². The third-order valence-corrected chi connectivity index (χ3v) is 5.91. The molecule has 0 radical (unpaired) electrons. The maximum atomic E-state index is 13.0. The molecule has 2 aromatic heterocycles. The number of nitrogens with zero attached hydrogens (tertiary/aromatic N) is 6. The molecule has 0 N–H and O–H groups in total. The normalized spacial score (nSPS) is 17.1. The van der Waals surface area contributed by atoms with Crippen LogP contribution in [-0.4, -0.2) is 78.1 Å². The van der Waals surface area contributed by atoms with E-state index in [2.05, 4.69) is 26.1 Å². The highest BCUT2D eigenvalue weighted by molar-refractivity contribution is 5.94. The molecule has 0 spiro atoms. The lowest BCUT2D eigenvalue weighted by Crippen LogP contribution is -2.49. The van der Waals surface area contributed by atoms with E-state index in [9.17, 15) is 4.79 Å². The van der Waals surface area contributed by atoms with Crippen LogP contribution in [0.4, 0.5) is 11.5 Å². The van der Waals surface area contributed by atoms with Crippen molar-refractivity contribution in [1.82, 2.24) is 19.7 Å². The minimum Gasteiger partial charge on any atom is -0.378 e. The molecule has 4 heterocycles. The van der Waals surface area contributed by atoms with Gasteiger partial charge in [-0.05, 0) is 36.4 Å². The van der Waals surface area contributed by atoms with Gasteiger partial charge in [0.05, 0.1) is 25.1 Å². The zero-order valence-corrected chi connectivity index (χ0v) is 17.4. The molecule has 0 saturated carbocycles. The number of rotatable bonds is 4. The van der Waals surface area contributed by atoms with Crippen LogP contribution < -0.4 is 9.80 Å². The van der Waals surface area contributed by atoms with E-state index < -0.39 is 0 Å². The van der Waals surface area contributed by atoms with Gasteiger partial charge >= 0.3 is 0 Å². The Labute approximate surface area is 181 Å². The molecule has 1 amide bonds. The molecule has 31 heavy (non-hydrogen) atoms. The van der Waals surface area contributed by atoms with E-state index in [1.165, 1.54) is 0 Å². The summed E-state index contributed by atoms with van der Waals surface area (Å²) in [5, 5.41) is 8.50. The van der Waals surface area contributed by atoms with E-state index in [4.69, 9.17) is 4.74 Å². The van der Waals surface area contributed by atoms with Crippen LogP contribution in [0, 0.1) is 0 Å². The monoisotopic (exact) mass is 418 g/mol. The topological polar surface area (TPSA) is 66.7 Å². The Balaban J connectivity index is 1.21. The number of aromatic nitrogens is 3. The molecule has 2 fully saturated rings. The van der Waals surface area contributed by atoms with Gasteiger partial charge in [-0.2, -0.15) is 5.10 Å². The van der Waals surface area contributed by atoms with Gasteiger partial charge in [0.1, 0.15) is 0 Å². The number of ether oxygens (including phenoxy) is 1. The maximum absolute atomic E-state index is 13.0. The molecular formula is C23H26N6O2. The van der Waals surface area contributed by atoms with Crippen LogP contribution in [0.25, 0.3) is 5.69 Å². The summed E-state index contributed by atoms with van der Waals surface area (Å²) >= 11 is 0. The summed E-state index contributed by atoms with van der Waals surface area (Å²) in [6.07, 6.45) is 5.80. The van der Waals surface area contributed by atoms with Crippen molar-refractivity contribution in [3.05, 3.63) is 66.6 Å². The number of piperazine rings is 1. The molecule has 0 aliphatic carbocycles. The fourth-order valence-electron chi connectivity index (χ4n) is 4.10. The summed E-state index contributed by atoms with van der Waals surface area (Å²) in [5.74, 6) is 0.975. The highest BCUT2D eigenvalue weighted by Gasteiger charge is 2.23. The first-order chi connectivity index (χ1) is 15.3. The number of carbonyl (C=O) groups is 1. The molecule has 8 heteroatoms. The molecular weight excluding hydrogens is 392 g/mol. The van der Waals surface area contributed by atoms with Crippen molar-refractivity contribution in [3.63, 3.8) is 0 Å². The molecule has 2 aliphatic heterocycles. The Morgan fingerprint density at radius 2 is 1.55 bits per heavy atom. The van der Waals surface area contributed by atoms with Crippen molar-refractivity contribution in [1.29, 1.82) is 0 Å². The second kappa shape index (κ2) is 8.77. The van der Waals surface area contributed by atoms with E-state index >= 15 is 0 Å². The van der Waals surface area contributed by atoms with Gasteiger partial charge in [0.25, 0.3) is 5.91 Å². The Morgan fingerprint density at radius 1 is 0.839 bits per heavy atom. The van der Waals surface area contributed by atoms with Gasteiger partial charge in [-0.1, -0.05) is 0 Å². The molecule has 0 unspecified atom stereocenters. The second-order valence-corrected chi connectivity index (χ2v) is 7.79. The van der Waals surface area contributed by atoms with Gasteiger partial charge in [0.15, 0.2) is 5.82 Å². The zero-order valence-electron chi connectivity index (χ0n) is 17.4. The van der Waals surface area contributed by atoms with Gasteiger partial charge in [0, 0.05) is 69.0 Å². The van der Waals surface area contributed by atoms with Crippen LogP contribution in [0.1, 0.15) is 10.4 Å². The molecule has 0 bridgehead atoms. The zero-order chi connectivity index (χ0) is 21.0. The minimum absolute atomic E-state index is 0.0839. The maximum Gasteiger partial charge on any atom is 0.253 e. The molecule has 1 aromatic carbocycles. The smallest absolute Gasteiger partial charge is 0.253 e. The van der Waals surface area contributed by atoms with Gasteiger partial charge in [0.2, 0.25) is 0 Å². The summed E-state index contributed by atoms with van der Waals surface area (Å²) in [5.41, 5.74) is 2.83. The molecule has 5 rings (SSSR count). The molecule has 3 aromatic rings. The number of hydrogen-bond acceptors (Lipinski definition) is 6. The van der Waals surface area contributed by atoms with Crippen molar-refractivity contribution in [3.8, 4) is 5.69 Å². The van der Waals surface area contributed by atoms with E-state index in [1.54, 1.807) is 6.20 Å². The number of carbonyl (C=O) groups excluding carboxylic acids is 1. The Morgan fingerprint density at radius 3 is 2.26 bits per heavy atom. The predicted molar refractivity (Wildman–Crippen MR) is 119 cm³/mol. The van der Waals surface area contributed by atoms with Crippen molar-refractivity contribution in [2.24, 2.45) is 0 Å². The Bertz CT molecular complexity index is 1010. The molecule has 2 aliphatic rings. The summed E-state index contributed by atoms with van der Waals surface area (Å²) in [6, 6.07) is 13.9. The summed E-state index contributed by atoms with van der Waals surface area (Å²) in [4.78, 5) is 19.4. The number of amides is 1. The van der Waals surface area contributed by atoms with Crippen LogP contribution in [0.3, 0.4) is 0 Å². The van der Waals surface area contributed by atoms with Crippen LogP contribution in [0.5, 0.6) is 0 Å². The lowest BCUT2D eigenvalue weighted by Gasteiger charge is -2.36. The summed E-state index contributed by atoms with van der Waals surface area (Å²) in [7, 11) is 0. The lowest BCUT2D eigenvalue weighted by molar-refractivity contribution is 0.0747. The molecule has 2 saturated heterocycles. The van der Waals surface area contributed by atoms with Crippen LogP contribution in [-0.2, 0) is 4.74 Å². The largest absolute Gasteiger partial charge is 0.378 e. The standard InChI is InChI=1S/C23H26N6O2/c30-23(19-3-5-20(6-4-19)26-7-1-2-8-26)29-11-9-27(10-12-29)21-17-22(25-24-18-21)28-13-15-31-16-14-28/h1-8,17-18H,9-16H2. The minimum atomic E-state index is 0.0839. The third-order valence-electron chi connectivity index (χ3n) is 5.91. The third kappa shape index (κ3) is 4.25. The quantitative estimate of drug-likeness (QED) is 0.646. The molecule has 160 valence electrons. The van der Waals surface area contributed by atoms with Crippen molar-refractivity contribution >= 4 is 17.4 Å². The average Bonchev–Trinajstić information content (AvgIpc) is 3.40. The van der Waals surface area contributed by atoms with Crippen LogP contribution in [0.2, 0.25) is 0 Å². The van der Waals surface area contributed by atoms with E-state index in [0.29, 0.717) is 13.1 Å². The fraction of sp³-hybridized carbons (Fsp3) is 0.348. The van der Waals surface area contributed by atoms with Gasteiger partial charge < -0.3 is 24.0 Å². The molecule has 0 atom stereocenters. The first kappa shape index (κ1) is 19.6. The summed E-state index contributed by atoms with van der Waals surface area (Å²) < 4.78 is 7.45. The number of hydrogen-bond donors (Lipinski definition) is 0. The van der Waals surface area contributed by atoms with Gasteiger partial charge in [-0.3, -0.25) is 4.79 Å². The molecule has 8 nitrogen and oxygen atoms in total. The summed E-state index contributed by atoms with van der Waals surface area (Å²) in [6.45, 7) is 6.05.